The fourth-order valence-electron chi connectivity index (χ4n) is 1.89. The number of rotatable bonds is 4. The third kappa shape index (κ3) is 1.93. The van der Waals surface area contributed by atoms with Gasteiger partial charge in [-0.05, 0) is 6.08 Å². The molecule has 2 rings (SSSR count). The van der Waals surface area contributed by atoms with Gasteiger partial charge in [0.25, 0.3) is 0 Å². The molecule has 0 bridgehead atoms. The lowest BCUT2D eigenvalue weighted by Crippen LogP contribution is -2.29. The van der Waals surface area contributed by atoms with Gasteiger partial charge in [0.2, 0.25) is 6.41 Å². The van der Waals surface area contributed by atoms with E-state index < -0.39 is 0 Å². The van der Waals surface area contributed by atoms with E-state index in [4.69, 9.17) is 4.74 Å². The molecule has 1 atom stereocenters. The van der Waals surface area contributed by atoms with Crippen LogP contribution in [0.2, 0.25) is 0 Å². The van der Waals surface area contributed by atoms with E-state index in [9.17, 15) is 9.59 Å². The fourth-order valence-corrected chi connectivity index (χ4v) is 1.89. The van der Waals surface area contributed by atoms with E-state index in [1.807, 2.05) is 18.0 Å². The van der Waals surface area contributed by atoms with Crippen molar-refractivity contribution in [1.29, 1.82) is 0 Å². The van der Waals surface area contributed by atoms with Crippen molar-refractivity contribution < 1.29 is 14.3 Å². The maximum Gasteiger partial charge on any atom is 0.207 e. The Kier molecular flexibility index (Phi) is 2.94. The van der Waals surface area contributed by atoms with E-state index in [-0.39, 0.29) is 12.0 Å². The molecule has 0 aromatic carbocycles. The predicted molar refractivity (Wildman–Crippen MR) is 57.1 cm³/mol. The summed E-state index contributed by atoms with van der Waals surface area (Å²) >= 11 is 0. The number of carbonyl (C=O) groups is 2. The molecule has 1 saturated heterocycles. The van der Waals surface area contributed by atoms with E-state index in [0.29, 0.717) is 31.6 Å². The number of fused-ring (bicyclic) bond motifs is 1. The topological polar surface area (TPSA) is 58.6 Å². The molecule has 1 N–H and O–H groups in total. The number of ether oxygens (including phenoxy) is 1. The number of carbonyl (C=O) groups excluding carboxylic acids is 2. The van der Waals surface area contributed by atoms with Crippen LogP contribution in [0.25, 0.3) is 0 Å². The van der Waals surface area contributed by atoms with Crippen molar-refractivity contribution in [3.05, 3.63) is 23.6 Å². The molecule has 16 heavy (non-hydrogen) atoms. The molecule has 1 amide bonds. The first-order valence-electron chi connectivity index (χ1n) is 5.24. The van der Waals surface area contributed by atoms with Gasteiger partial charge in [-0.25, -0.2) is 0 Å². The molecular formula is C11H14N2O3. The maximum absolute atomic E-state index is 11.2. The molecule has 0 radical (unpaired) electrons. The van der Waals surface area contributed by atoms with Crippen molar-refractivity contribution in [3.8, 4) is 0 Å². The first-order chi connectivity index (χ1) is 7.72. The minimum Gasteiger partial charge on any atom is -0.468 e. The summed E-state index contributed by atoms with van der Waals surface area (Å²) in [5.74, 6) is 0.716. The minimum atomic E-state index is -0.101. The van der Waals surface area contributed by atoms with Crippen molar-refractivity contribution in [2.24, 2.45) is 0 Å². The molecule has 5 nitrogen and oxygen atoms in total. The Bertz CT molecular complexity index is 373. The second kappa shape index (κ2) is 4.38. The van der Waals surface area contributed by atoms with Gasteiger partial charge in [0.15, 0.2) is 12.0 Å². The van der Waals surface area contributed by atoms with Crippen LogP contribution in [0.4, 0.5) is 0 Å². The van der Waals surface area contributed by atoms with Crippen LogP contribution in [0.3, 0.4) is 0 Å². The van der Waals surface area contributed by atoms with Gasteiger partial charge in [-0.2, -0.15) is 0 Å². The number of ketones is 1. The molecule has 1 heterocycles. The van der Waals surface area contributed by atoms with Crippen LogP contribution >= 0.6 is 0 Å². The summed E-state index contributed by atoms with van der Waals surface area (Å²) in [7, 11) is 1.92. The van der Waals surface area contributed by atoms with Gasteiger partial charge in [0, 0.05) is 32.5 Å². The molecule has 1 fully saturated rings. The average molecular weight is 222 g/mol. The average Bonchev–Trinajstić information content (AvgIpc) is 2.56. The van der Waals surface area contributed by atoms with E-state index >= 15 is 0 Å². The molecule has 0 spiro atoms. The van der Waals surface area contributed by atoms with Gasteiger partial charge in [-0.1, -0.05) is 0 Å². The molecule has 2 aliphatic rings. The summed E-state index contributed by atoms with van der Waals surface area (Å²) in [6.45, 7) is 0.563. The lowest BCUT2D eigenvalue weighted by atomic mass is 10.1. The number of amides is 1. The third-order valence-electron chi connectivity index (χ3n) is 2.74. The van der Waals surface area contributed by atoms with E-state index in [1.54, 1.807) is 6.08 Å². The summed E-state index contributed by atoms with van der Waals surface area (Å²) in [5, 5.41) is 2.59. The van der Waals surface area contributed by atoms with Crippen LogP contribution < -0.4 is 5.32 Å². The van der Waals surface area contributed by atoms with Gasteiger partial charge in [-0.3, -0.25) is 9.59 Å². The van der Waals surface area contributed by atoms with Crippen LogP contribution in [0.5, 0.6) is 0 Å². The van der Waals surface area contributed by atoms with E-state index in [0.717, 1.165) is 5.70 Å². The molecule has 1 unspecified atom stereocenters. The Labute approximate surface area is 93.7 Å². The number of likely N-dealkylation sites (N-methyl/N-ethyl adjacent to an activating group) is 1. The van der Waals surface area contributed by atoms with Crippen LogP contribution in [-0.4, -0.2) is 36.9 Å². The smallest absolute Gasteiger partial charge is 0.207 e. The summed E-state index contributed by atoms with van der Waals surface area (Å²) < 4.78 is 5.64. The molecule has 0 saturated carbocycles. The highest BCUT2D eigenvalue weighted by molar-refractivity contribution is 5.93. The van der Waals surface area contributed by atoms with Crippen LogP contribution in [-0.2, 0) is 14.3 Å². The fraction of sp³-hybridized carbons (Fsp3) is 0.455. The lowest BCUT2D eigenvalue weighted by molar-refractivity contribution is -0.114. The van der Waals surface area contributed by atoms with Crippen molar-refractivity contribution in [3.63, 3.8) is 0 Å². The zero-order chi connectivity index (χ0) is 11.5. The molecule has 5 heteroatoms. The number of nitrogens with zero attached hydrogens (tertiary/aromatic N) is 1. The normalized spacial score (nSPS) is 23.2. The Balaban J connectivity index is 2.02. The second-order valence-corrected chi connectivity index (χ2v) is 3.81. The highest BCUT2D eigenvalue weighted by Crippen LogP contribution is 2.32. The Morgan fingerprint density at radius 2 is 2.50 bits per heavy atom. The molecule has 0 aromatic rings. The Hall–Kier alpha value is -1.78. The first-order valence-corrected chi connectivity index (χ1v) is 5.24. The van der Waals surface area contributed by atoms with E-state index in [2.05, 4.69) is 5.32 Å². The Morgan fingerprint density at radius 3 is 3.25 bits per heavy atom. The number of nitrogens with one attached hydrogen (secondary N) is 1. The monoisotopic (exact) mass is 222 g/mol. The van der Waals surface area contributed by atoms with Crippen LogP contribution in [0.1, 0.15) is 12.8 Å². The third-order valence-corrected chi connectivity index (χ3v) is 2.74. The number of hydrogen-bond donors (Lipinski definition) is 1. The summed E-state index contributed by atoms with van der Waals surface area (Å²) in [6.07, 6.45) is 5.12. The summed E-state index contributed by atoms with van der Waals surface area (Å²) in [6, 6.07) is 0. The van der Waals surface area contributed by atoms with Crippen molar-refractivity contribution >= 4 is 12.2 Å². The van der Waals surface area contributed by atoms with Gasteiger partial charge in [0.05, 0.1) is 5.70 Å². The van der Waals surface area contributed by atoms with Crippen molar-refractivity contribution in [2.75, 3.05) is 13.6 Å². The highest BCUT2D eigenvalue weighted by Gasteiger charge is 2.32. The van der Waals surface area contributed by atoms with Gasteiger partial charge in [0.1, 0.15) is 5.76 Å². The predicted octanol–water partition coefficient (Wildman–Crippen LogP) is 0.151. The Morgan fingerprint density at radius 1 is 1.69 bits per heavy atom. The standard InChI is InChI=1S/C11H14N2O3/c1-13-9-3-2-8(15)6-10(9)16-11(13)4-5-12-7-14/h3,6-7,11H,2,4-5H2,1H3,(H,12,14). The molecule has 1 aliphatic heterocycles. The largest absolute Gasteiger partial charge is 0.468 e. The SMILES string of the molecule is CN1C2=CCC(=O)C=C2OC1CCNC=O. The number of allylic oxidation sites excluding steroid dienone is 2. The lowest BCUT2D eigenvalue weighted by Gasteiger charge is -2.19. The highest BCUT2D eigenvalue weighted by atomic mass is 16.5. The van der Waals surface area contributed by atoms with Crippen molar-refractivity contribution in [1.82, 2.24) is 10.2 Å². The maximum atomic E-state index is 11.2. The first kappa shape index (κ1) is 10.7. The quantitative estimate of drug-likeness (QED) is 0.543. The van der Waals surface area contributed by atoms with Crippen LogP contribution in [0.15, 0.2) is 23.6 Å². The number of hydrogen-bond acceptors (Lipinski definition) is 4. The zero-order valence-corrected chi connectivity index (χ0v) is 9.10. The van der Waals surface area contributed by atoms with Crippen molar-refractivity contribution in [2.45, 2.75) is 19.1 Å². The second-order valence-electron chi connectivity index (χ2n) is 3.81. The summed E-state index contributed by atoms with van der Waals surface area (Å²) in [4.78, 5) is 23.3. The molecule has 1 aliphatic carbocycles. The molecular weight excluding hydrogens is 208 g/mol. The summed E-state index contributed by atoms with van der Waals surface area (Å²) in [5.41, 5.74) is 0.968. The van der Waals surface area contributed by atoms with Gasteiger partial charge < -0.3 is 15.0 Å². The van der Waals surface area contributed by atoms with Crippen LogP contribution in [0, 0.1) is 0 Å². The van der Waals surface area contributed by atoms with Gasteiger partial charge >= 0.3 is 0 Å². The zero-order valence-electron chi connectivity index (χ0n) is 9.10. The molecule has 0 aromatic heterocycles. The van der Waals surface area contributed by atoms with Gasteiger partial charge in [-0.15, -0.1) is 0 Å². The molecule has 86 valence electrons. The minimum absolute atomic E-state index is 0.0683. The van der Waals surface area contributed by atoms with E-state index in [1.165, 1.54) is 0 Å².